The van der Waals surface area contributed by atoms with Crippen LogP contribution in [0.4, 0.5) is 5.69 Å². The largest absolute Gasteiger partial charge is 0.383 e. The van der Waals surface area contributed by atoms with Gasteiger partial charge in [0.15, 0.2) is 5.96 Å². The quantitative estimate of drug-likeness (QED) is 0.422. The van der Waals surface area contributed by atoms with Crippen LogP contribution in [0.5, 0.6) is 0 Å². The highest BCUT2D eigenvalue weighted by molar-refractivity contribution is 14.0. The highest BCUT2D eigenvalue weighted by Crippen LogP contribution is 2.31. The third-order valence-corrected chi connectivity index (χ3v) is 3.78. The van der Waals surface area contributed by atoms with Gasteiger partial charge in [-0.3, -0.25) is 4.99 Å². The number of nitrogens with two attached hydrogens (primary N) is 1. The molecule has 1 aliphatic heterocycles. The van der Waals surface area contributed by atoms with E-state index in [2.05, 4.69) is 46.4 Å². The van der Waals surface area contributed by atoms with E-state index in [0.29, 0.717) is 25.2 Å². The highest BCUT2D eigenvalue weighted by Gasteiger charge is 2.24. The molecule has 1 aromatic carbocycles. The Morgan fingerprint density at radius 1 is 1.50 bits per heavy atom. The van der Waals surface area contributed by atoms with E-state index >= 15 is 0 Å². The third kappa shape index (κ3) is 5.01. The molecule has 124 valence electrons. The van der Waals surface area contributed by atoms with E-state index in [1.54, 1.807) is 7.11 Å². The van der Waals surface area contributed by atoms with Crippen molar-refractivity contribution in [1.29, 1.82) is 0 Å². The number of halogens is 1. The van der Waals surface area contributed by atoms with Crippen molar-refractivity contribution in [3.05, 3.63) is 29.8 Å². The molecule has 0 radical (unpaired) electrons. The number of rotatable bonds is 6. The molecule has 2 rings (SSSR count). The van der Waals surface area contributed by atoms with E-state index in [0.717, 1.165) is 13.0 Å². The molecular weight excluding hydrogens is 391 g/mol. The molecule has 0 bridgehead atoms. The zero-order chi connectivity index (χ0) is 15.2. The average molecular weight is 418 g/mol. The number of ether oxygens (including phenoxy) is 1. The summed E-state index contributed by atoms with van der Waals surface area (Å²) in [6.07, 6.45) is 1.11. The molecule has 0 aliphatic carbocycles. The molecule has 0 saturated heterocycles. The second kappa shape index (κ2) is 9.19. The first-order chi connectivity index (χ1) is 10.1. The third-order valence-electron chi connectivity index (χ3n) is 3.78. The molecule has 2 unspecified atom stereocenters. The Morgan fingerprint density at radius 3 is 2.95 bits per heavy atom. The fourth-order valence-corrected chi connectivity index (χ4v) is 2.84. The Balaban J connectivity index is 0.00000242. The van der Waals surface area contributed by atoms with Gasteiger partial charge >= 0.3 is 0 Å². The summed E-state index contributed by atoms with van der Waals surface area (Å²) >= 11 is 0. The van der Waals surface area contributed by atoms with Gasteiger partial charge in [0.2, 0.25) is 0 Å². The zero-order valence-corrected chi connectivity index (χ0v) is 15.9. The van der Waals surface area contributed by atoms with Crippen LogP contribution in [0.2, 0.25) is 0 Å². The number of methoxy groups -OCH3 is 1. The lowest BCUT2D eigenvalue weighted by Gasteiger charge is -2.24. The molecule has 22 heavy (non-hydrogen) atoms. The lowest BCUT2D eigenvalue weighted by atomic mass is 10.1. The van der Waals surface area contributed by atoms with Crippen LogP contribution < -0.4 is 16.0 Å². The predicted molar refractivity (Wildman–Crippen MR) is 103 cm³/mol. The van der Waals surface area contributed by atoms with Crippen molar-refractivity contribution in [3.8, 4) is 0 Å². The van der Waals surface area contributed by atoms with E-state index in [-0.39, 0.29) is 30.0 Å². The summed E-state index contributed by atoms with van der Waals surface area (Å²) in [5.41, 5.74) is 8.64. The summed E-state index contributed by atoms with van der Waals surface area (Å²) in [4.78, 5) is 6.81. The van der Waals surface area contributed by atoms with Crippen LogP contribution in [0, 0.1) is 0 Å². The molecule has 1 heterocycles. The molecule has 6 heteroatoms. The van der Waals surface area contributed by atoms with Crippen molar-refractivity contribution in [2.24, 2.45) is 10.7 Å². The number of nitrogens with zero attached hydrogens (tertiary/aromatic N) is 2. The van der Waals surface area contributed by atoms with Gasteiger partial charge in [0.05, 0.1) is 13.2 Å². The monoisotopic (exact) mass is 418 g/mol. The van der Waals surface area contributed by atoms with Gasteiger partial charge in [0, 0.05) is 31.4 Å². The summed E-state index contributed by atoms with van der Waals surface area (Å²) in [5, 5.41) is 3.12. The fourth-order valence-electron chi connectivity index (χ4n) is 2.84. The first-order valence-corrected chi connectivity index (χ1v) is 7.51. The van der Waals surface area contributed by atoms with Gasteiger partial charge < -0.3 is 20.7 Å². The minimum absolute atomic E-state index is 0. The minimum atomic E-state index is 0. The van der Waals surface area contributed by atoms with Crippen LogP contribution in [0.25, 0.3) is 0 Å². The summed E-state index contributed by atoms with van der Waals surface area (Å²) in [6, 6.07) is 9.29. The number of benzene rings is 1. The number of nitrogens with one attached hydrogen (secondary N) is 1. The minimum Gasteiger partial charge on any atom is -0.383 e. The van der Waals surface area contributed by atoms with Gasteiger partial charge in [-0.25, -0.2) is 0 Å². The number of hydrogen-bond donors (Lipinski definition) is 2. The van der Waals surface area contributed by atoms with Crippen LogP contribution in [-0.4, -0.2) is 44.8 Å². The Labute approximate surface area is 150 Å². The average Bonchev–Trinajstić information content (AvgIpc) is 2.75. The molecule has 0 spiro atoms. The maximum absolute atomic E-state index is 5.88. The van der Waals surface area contributed by atoms with Gasteiger partial charge in [-0.2, -0.15) is 0 Å². The van der Waals surface area contributed by atoms with Crippen LogP contribution in [0.3, 0.4) is 0 Å². The molecule has 0 aromatic heterocycles. The Hall–Kier alpha value is -1.02. The van der Waals surface area contributed by atoms with E-state index < -0.39 is 0 Å². The molecule has 1 aliphatic rings. The van der Waals surface area contributed by atoms with E-state index in [4.69, 9.17) is 10.5 Å². The van der Waals surface area contributed by atoms with Crippen LogP contribution >= 0.6 is 24.0 Å². The number of fused-ring (bicyclic) bond motifs is 1. The second-order valence-electron chi connectivity index (χ2n) is 5.64. The first kappa shape index (κ1) is 19.0. The fraction of sp³-hybridized carbons (Fsp3) is 0.562. The Kier molecular flexibility index (Phi) is 7.95. The van der Waals surface area contributed by atoms with Crippen molar-refractivity contribution < 1.29 is 4.74 Å². The number of anilines is 1. The van der Waals surface area contributed by atoms with Crippen molar-refractivity contribution in [2.75, 3.05) is 31.7 Å². The lowest BCUT2D eigenvalue weighted by Crippen LogP contribution is -2.41. The molecule has 5 nitrogen and oxygen atoms in total. The van der Waals surface area contributed by atoms with Crippen molar-refractivity contribution in [1.82, 2.24) is 5.32 Å². The number of para-hydroxylation sites is 1. The van der Waals surface area contributed by atoms with Gasteiger partial charge in [0.1, 0.15) is 0 Å². The number of hydrogen-bond acceptors (Lipinski definition) is 3. The topological polar surface area (TPSA) is 62.9 Å². The summed E-state index contributed by atoms with van der Waals surface area (Å²) in [5.74, 6) is 0.486. The highest BCUT2D eigenvalue weighted by atomic mass is 127. The van der Waals surface area contributed by atoms with Crippen LogP contribution in [-0.2, 0) is 11.2 Å². The predicted octanol–water partition coefficient (Wildman–Crippen LogP) is 1.99. The second-order valence-corrected chi connectivity index (χ2v) is 5.64. The Morgan fingerprint density at radius 2 is 2.23 bits per heavy atom. The molecule has 2 atom stereocenters. The smallest absolute Gasteiger partial charge is 0.188 e. The van der Waals surface area contributed by atoms with Crippen molar-refractivity contribution >= 4 is 35.6 Å². The molecular formula is C16H27IN4O. The molecule has 1 aromatic rings. The SMILES string of the molecule is COCC(C)NC(N)=NCCN1c2ccccc2CC1C.I. The standard InChI is InChI=1S/C16H26N4O.HI/c1-12(11-21-3)19-16(17)18-8-9-20-13(2)10-14-6-4-5-7-15(14)20;/h4-7,12-13H,8-11H2,1-3H3,(H3,17,18,19);1H. The lowest BCUT2D eigenvalue weighted by molar-refractivity contribution is 0.179. The van der Waals surface area contributed by atoms with Crippen LogP contribution in [0.1, 0.15) is 19.4 Å². The molecule has 0 amide bonds. The molecule has 0 fully saturated rings. The van der Waals surface area contributed by atoms with Crippen LogP contribution in [0.15, 0.2) is 29.3 Å². The van der Waals surface area contributed by atoms with Gasteiger partial charge in [0.25, 0.3) is 0 Å². The maximum Gasteiger partial charge on any atom is 0.188 e. The van der Waals surface area contributed by atoms with Crippen molar-refractivity contribution in [2.45, 2.75) is 32.4 Å². The zero-order valence-electron chi connectivity index (χ0n) is 13.6. The van der Waals surface area contributed by atoms with E-state index in [1.165, 1.54) is 11.3 Å². The van der Waals surface area contributed by atoms with Crippen molar-refractivity contribution in [3.63, 3.8) is 0 Å². The van der Waals surface area contributed by atoms with E-state index in [1.807, 2.05) is 6.92 Å². The first-order valence-electron chi connectivity index (χ1n) is 7.51. The summed E-state index contributed by atoms with van der Waals surface area (Å²) in [7, 11) is 1.68. The van der Waals surface area contributed by atoms with Gasteiger partial charge in [-0.05, 0) is 31.9 Å². The summed E-state index contributed by atoms with van der Waals surface area (Å²) < 4.78 is 5.06. The van der Waals surface area contributed by atoms with E-state index in [9.17, 15) is 0 Å². The molecule has 0 saturated carbocycles. The van der Waals surface area contributed by atoms with Gasteiger partial charge in [-0.1, -0.05) is 18.2 Å². The number of aliphatic imine (C=N–C) groups is 1. The molecule has 3 N–H and O–H groups in total. The van der Waals surface area contributed by atoms with Gasteiger partial charge in [-0.15, -0.1) is 24.0 Å². The maximum atomic E-state index is 5.88. The Bertz CT molecular complexity index is 495. The summed E-state index contributed by atoms with van der Waals surface area (Å²) in [6.45, 7) is 6.47. The number of guanidine groups is 1. The normalized spacial score (nSPS) is 18.6.